The molecule has 0 spiro atoms. The third kappa shape index (κ3) is 6.54. The molecule has 3 nitrogen and oxygen atoms in total. The summed E-state index contributed by atoms with van der Waals surface area (Å²) in [4.78, 5) is 2.43. The predicted molar refractivity (Wildman–Crippen MR) is 265 cm³/mol. The fourth-order valence-corrected chi connectivity index (χ4v) is 9.64. The number of rotatable bonds is 8. The van der Waals surface area contributed by atoms with Crippen molar-refractivity contribution in [2.45, 2.75) is 12.8 Å². The molecule has 0 bridgehead atoms. The van der Waals surface area contributed by atoms with E-state index >= 15 is 0 Å². The maximum absolute atomic E-state index is 6.43. The lowest BCUT2D eigenvalue weighted by Crippen LogP contribution is -2.17. The molecule has 0 saturated carbocycles. The van der Waals surface area contributed by atoms with Crippen molar-refractivity contribution < 1.29 is 4.42 Å². The lowest BCUT2D eigenvalue weighted by Gasteiger charge is -2.30. The van der Waals surface area contributed by atoms with E-state index in [2.05, 4.69) is 234 Å². The van der Waals surface area contributed by atoms with E-state index in [1.807, 2.05) is 6.07 Å². The number of hydrogen-bond donors (Lipinski definition) is 0. The maximum atomic E-state index is 6.43. The Kier molecular flexibility index (Phi) is 8.97. The Labute approximate surface area is 366 Å². The first-order chi connectivity index (χ1) is 31.2. The number of hydrogen-bond acceptors (Lipinski definition) is 2. The second kappa shape index (κ2) is 15.4. The largest absolute Gasteiger partial charge is 0.455 e. The zero-order valence-electron chi connectivity index (χ0n) is 34.7. The van der Waals surface area contributed by atoms with Crippen molar-refractivity contribution in [2.24, 2.45) is 0 Å². The first-order valence-electron chi connectivity index (χ1n) is 21.8. The summed E-state index contributed by atoms with van der Waals surface area (Å²) in [5.74, 6) is 0. The fraction of sp³-hybridized carbons (Fsp3) is 0.0333. The molecule has 2 aromatic heterocycles. The lowest BCUT2D eigenvalue weighted by atomic mass is 9.92. The summed E-state index contributed by atoms with van der Waals surface area (Å²) >= 11 is 0. The van der Waals surface area contributed by atoms with Gasteiger partial charge in [-0.1, -0.05) is 164 Å². The molecule has 2 heterocycles. The van der Waals surface area contributed by atoms with Crippen molar-refractivity contribution in [3.8, 4) is 39.1 Å². The first-order valence-corrected chi connectivity index (χ1v) is 21.8. The fourth-order valence-electron chi connectivity index (χ4n) is 9.64. The monoisotopic (exact) mass is 806 g/mol. The van der Waals surface area contributed by atoms with Gasteiger partial charge in [0, 0.05) is 49.9 Å². The van der Waals surface area contributed by atoms with E-state index in [0.29, 0.717) is 0 Å². The standard InChI is InChI=1S/C60H42N2O/c1-3-13-41(14-4-1)42-25-32-49(33-26-42)61(50-34-27-43(28-35-50)45-15-11-16-47(39-45)52-21-12-22-56-55-20-8-10-24-59(55)63-60(52)56)51-36-29-44(30-37-51)46-31-38-54-53-19-7-9-23-57(53)62(58(54)40-46)48-17-5-2-6-18-48/h1-27,29-34,36-40H,28,35H2. The van der Waals surface area contributed by atoms with Crippen LogP contribution in [0, 0.1) is 0 Å². The number of para-hydroxylation sites is 4. The van der Waals surface area contributed by atoms with Gasteiger partial charge in [0.1, 0.15) is 11.2 Å². The van der Waals surface area contributed by atoms with Crippen LogP contribution in [0.1, 0.15) is 18.4 Å². The third-order valence-electron chi connectivity index (χ3n) is 12.7. The highest BCUT2D eigenvalue weighted by Crippen LogP contribution is 2.41. The van der Waals surface area contributed by atoms with Gasteiger partial charge in [-0.2, -0.15) is 0 Å². The van der Waals surface area contributed by atoms with Crippen LogP contribution in [-0.4, -0.2) is 4.57 Å². The summed E-state index contributed by atoms with van der Waals surface area (Å²) in [7, 11) is 0. The number of allylic oxidation sites excluding steroid dienone is 4. The van der Waals surface area contributed by atoms with Crippen LogP contribution in [0.25, 0.3) is 88.4 Å². The summed E-state index contributed by atoms with van der Waals surface area (Å²) in [6.07, 6.45) is 6.47. The van der Waals surface area contributed by atoms with Crippen molar-refractivity contribution in [1.82, 2.24) is 4.57 Å². The molecule has 0 radical (unpaired) electrons. The van der Waals surface area contributed by atoms with Gasteiger partial charge in [-0.25, -0.2) is 0 Å². The van der Waals surface area contributed by atoms with Crippen molar-refractivity contribution >= 4 is 60.7 Å². The molecule has 0 amide bonds. The van der Waals surface area contributed by atoms with Crippen LogP contribution in [0.2, 0.25) is 0 Å². The Balaban J connectivity index is 0.905. The highest BCUT2D eigenvalue weighted by Gasteiger charge is 2.20. The molecule has 0 aliphatic heterocycles. The number of fused-ring (bicyclic) bond motifs is 6. The smallest absolute Gasteiger partial charge is 0.143 e. The van der Waals surface area contributed by atoms with E-state index in [4.69, 9.17) is 4.42 Å². The molecule has 12 rings (SSSR count). The van der Waals surface area contributed by atoms with E-state index in [-0.39, 0.29) is 0 Å². The van der Waals surface area contributed by atoms with Crippen LogP contribution in [-0.2, 0) is 0 Å². The Morgan fingerprint density at radius 2 is 0.968 bits per heavy atom. The van der Waals surface area contributed by atoms with Gasteiger partial charge in [0.2, 0.25) is 0 Å². The van der Waals surface area contributed by atoms with Gasteiger partial charge in [-0.3, -0.25) is 0 Å². The van der Waals surface area contributed by atoms with Gasteiger partial charge >= 0.3 is 0 Å². The van der Waals surface area contributed by atoms with Gasteiger partial charge in [-0.15, -0.1) is 0 Å². The molecule has 63 heavy (non-hydrogen) atoms. The molecule has 0 fully saturated rings. The maximum Gasteiger partial charge on any atom is 0.143 e. The summed E-state index contributed by atoms with van der Waals surface area (Å²) in [6.45, 7) is 0. The predicted octanol–water partition coefficient (Wildman–Crippen LogP) is 16.6. The van der Waals surface area contributed by atoms with Crippen LogP contribution in [0.4, 0.5) is 11.4 Å². The minimum Gasteiger partial charge on any atom is -0.455 e. The van der Waals surface area contributed by atoms with Crippen LogP contribution < -0.4 is 4.90 Å². The molecule has 0 unspecified atom stereocenters. The average Bonchev–Trinajstić information content (AvgIpc) is 3.91. The molecule has 298 valence electrons. The van der Waals surface area contributed by atoms with E-state index in [9.17, 15) is 0 Å². The quantitative estimate of drug-likeness (QED) is 0.153. The van der Waals surface area contributed by atoms with Crippen LogP contribution in [0.3, 0.4) is 0 Å². The van der Waals surface area contributed by atoms with E-state index < -0.39 is 0 Å². The average molecular weight is 807 g/mol. The van der Waals surface area contributed by atoms with Gasteiger partial charge < -0.3 is 13.9 Å². The lowest BCUT2D eigenvalue weighted by molar-refractivity contribution is 0.670. The highest BCUT2D eigenvalue weighted by molar-refractivity contribution is 6.11. The van der Waals surface area contributed by atoms with Gasteiger partial charge in [-0.05, 0) is 119 Å². The molecule has 3 heteroatoms. The number of furan rings is 1. The zero-order valence-corrected chi connectivity index (χ0v) is 34.7. The SMILES string of the molecule is C1=C(c2cccc(-c3cccc4c3oc3ccccc34)c2)CCC(N(c2ccc(-c3ccccc3)cc2)c2ccc(-c3ccc4c5ccccc5n(-c5ccccc5)c4c3)cc2)=C1. The molecule has 1 aliphatic rings. The molecule has 0 N–H and O–H groups in total. The number of nitrogens with zero attached hydrogens (tertiary/aromatic N) is 2. The topological polar surface area (TPSA) is 21.3 Å². The molecule has 1 aliphatic carbocycles. The molecular weight excluding hydrogens is 765 g/mol. The second-order valence-corrected chi connectivity index (χ2v) is 16.4. The Bertz CT molecular complexity index is 3540. The van der Waals surface area contributed by atoms with Crippen LogP contribution in [0.5, 0.6) is 0 Å². The third-order valence-corrected chi connectivity index (χ3v) is 12.7. The van der Waals surface area contributed by atoms with Gasteiger partial charge in [0.25, 0.3) is 0 Å². The van der Waals surface area contributed by atoms with Crippen molar-refractivity contribution in [3.05, 3.63) is 242 Å². The van der Waals surface area contributed by atoms with Crippen LogP contribution in [0.15, 0.2) is 241 Å². The zero-order chi connectivity index (χ0) is 41.7. The Morgan fingerprint density at radius 1 is 0.381 bits per heavy atom. The van der Waals surface area contributed by atoms with E-state index in [1.165, 1.54) is 60.9 Å². The summed E-state index contributed by atoms with van der Waals surface area (Å²) in [5, 5.41) is 4.82. The van der Waals surface area contributed by atoms with Gasteiger partial charge in [0.05, 0.1) is 11.0 Å². The highest BCUT2D eigenvalue weighted by atomic mass is 16.3. The summed E-state index contributed by atoms with van der Waals surface area (Å²) in [6, 6.07) is 78.7. The number of benzene rings is 9. The number of aromatic nitrogens is 1. The van der Waals surface area contributed by atoms with Crippen molar-refractivity contribution in [1.29, 1.82) is 0 Å². The van der Waals surface area contributed by atoms with E-state index in [0.717, 1.165) is 63.0 Å². The second-order valence-electron chi connectivity index (χ2n) is 16.4. The Hall–Kier alpha value is -8.14. The molecule has 0 atom stereocenters. The first kappa shape index (κ1) is 36.7. The van der Waals surface area contributed by atoms with Crippen molar-refractivity contribution in [2.75, 3.05) is 4.90 Å². The van der Waals surface area contributed by atoms with Crippen molar-refractivity contribution in [3.63, 3.8) is 0 Å². The van der Waals surface area contributed by atoms with E-state index in [1.54, 1.807) is 0 Å². The number of anilines is 2. The molecular formula is C60H42N2O. The Morgan fingerprint density at radius 3 is 1.73 bits per heavy atom. The van der Waals surface area contributed by atoms with Crippen LogP contribution >= 0.6 is 0 Å². The molecule has 11 aromatic rings. The minimum atomic E-state index is 0.901. The molecule has 0 saturated heterocycles. The minimum absolute atomic E-state index is 0.901. The summed E-state index contributed by atoms with van der Waals surface area (Å²) < 4.78 is 8.82. The molecule has 9 aromatic carbocycles. The summed E-state index contributed by atoms with van der Waals surface area (Å²) in [5.41, 5.74) is 18.6. The normalized spacial score (nSPS) is 12.8. The van der Waals surface area contributed by atoms with Gasteiger partial charge in [0.15, 0.2) is 0 Å².